The number of H-pyrrole nitrogens is 1. The number of fused-ring (bicyclic) bond motifs is 2. The number of nitrogens with zero attached hydrogens (tertiary/aromatic N) is 2. The van der Waals surface area contributed by atoms with E-state index in [2.05, 4.69) is 35.2 Å². The van der Waals surface area contributed by atoms with E-state index in [4.69, 9.17) is 4.74 Å². The zero-order chi connectivity index (χ0) is 27.5. The first-order valence-electron chi connectivity index (χ1n) is 13.3. The molecule has 3 atom stereocenters. The summed E-state index contributed by atoms with van der Waals surface area (Å²) >= 11 is 0. The molecule has 0 spiro atoms. The predicted molar refractivity (Wildman–Crippen MR) is 147 cm³/mol. The van der Waals surface area contributed by atoms with Gasteiger partial charge in [-0.05, 0) is 68.7 Å². The van der Waals surface area contributed by atoms with Crippen molar-refractivity contribution in [3.63, 3.8) is 0 Å². The highest BCUT2D eigenvalue weighted by Gasteiger charge is 2.59. The van der Waals surface area contributed by atoms with Crippen LogP contribution in [-0.2, 0) is 10.3 Å². The van der Waals surface area contributed by atoms with Gasteiger partial charge in [-0.2, -0.15) is 0 Å². The van der Waals surface area contributed by atoms with E-state index < -0.39 is 22.8 Å². The highest BCUT2D eigenvalue weighted by molar-refractivity contribution is 6.03. The van der Waals surface area contributed by atoms with Gasteiger partial charge in [0.15, 0.2) is 5.82 Å². The first kappa shape index (κ1) is 26.2. The molecule has 1 fully saturated rings. The molecule has 1 aliphatic carbocycles. The van der Waals surface area contributed by atoms with Gasteiger partial charge in [-0.3, -0.25) is 9.69 Å². The van der Waals surface area contributed by atoms with Crippen LogP contribution in [0.25, 0.3) is 5.57 Å². The maximum Gasteiger partial charge on any atom is 0.410 e. The van der Waals surface area contributed by atoms with Crippen LogP contribution in [-0.4, -0.2) is 50.2 Å². The molecular weight excluding hydrogens is 480 g/mol. The number of ether oxygens (including phenoxy) is 1. The summed E-state index contributed by atoms with van der Waals surface area (Å²) in [7, 11) is 1.39. The first-order valence-corrected chi connectivity index (χ1v) is 13.3. The smallest absolute Gasteiger partial charge is 0.410 e. The van der Waals surface area contributed by atoms with E-state index >= 15 is 0 Å². The maximum absolute atomic E-state index is 13.0. The molecule has 1 unspecified atom stereocenters. The van der Waals surface area contributed by atoms with Gasteiger partial charge in [-0.15, -0.1) is 0 Å². The molecular formula is C30H38N4O4. The normalized spacial score (nSPS) is 29.7. The molecule has 1 saturated heterocycles. The van der Waals surface area contributed by atoms with Crippen LogP contribution in [0.5, 0.6) is 0 Å². The Labute approximate surface area is 224 Å². The van der Waals surface area contributed by atoms with Crippen molar-refractivity contribution >= 4 is 23.3 Å². The van der Waals surface area contributed by atoms with Crippen LogP contribution >= 0.6 is 0 Å². The Morgan fingerprint density at radius 2 is 1.82 bits per heavy atom. The number of benzene rings is 1. The fourth-order valence-corrected chi connectivity index (χ4v) is 6.57. The van der Waals surface area contributed by atoms with Crippen molar-refractivity contribution in [2.75, 3.05) is 12.4 Å². The molecule has 1 aromatic carbocycles. The van der Waals surface area contributed by atoms with E-state index in [1.165, 1.54) is 7.11 Å². The lowest BCUT2D eigenvalue weighted by molar-refractivity contribution is -0.0980. The Morgan fingerprint density at radius 1 is 1.13 bits per heavy atom. The fourth-order valence-electron chi connectivity index (χ4n) is 6.57. The van der Waals surface area contributed by atoms with Crippen molar-refractivity contribution in [1.29, 1.82) is 0 Å². The van der Waals surface area contributed by atoms with E-state index in [9.17, 15) is 14.7 Å². The van der Waals surface area contributed by atoms with E-state index in [1.54, 1.807) is 11.1 Å². The number of aromatic nitrogens is 2. The number of carbonyl (C=O) groups excluding carboxylic acids is 2. The zero-order valence-corrected chi connectivity index (χ0v) is 23.1. The largest absolute Gasteiger partial charge is 0.453 e. The average molecular weight is 519 g/mol. The van der Waals surface area contributed by atoms with Crippen molar-refractivity contribution in [3.8, 4) is 0 Å². The summed E-state index contributed by atoms with van der Waals surface area (Å²) in [6.45, 7) is 10.3. The summed E-state index contributed by atoms with van der Waals surface area (Å²) in [5, 5.41) is 15.2. The highest BCUT2D eigenvalue weighted by atomic mass is 16.5. The summed E-state index contributed by atoms with van der Waals surface area (Å²) < 4.78 is 5.09. The highest BCUT2D eigenvalue weighted by Crippen LogP contribution is 2.54. The number of carbonyl (C=O) groups is 2. The SMILES string of the molecule is COC(=O)N1[C@@]2(C)C=C[C@]1(C)CC(O)(c1ccc(NC(=O)c3ncc(C)[nH]3)c(C3=CCC(C)(C)CC3)c1)C2. The lowest BCUT2D eigenvalue weighted by Gasteiger charge is -2.53. The number of amides is 2. The molecule has 3 N–H and O–H groups in total. The van der Waals surface area contributed by atoms with Gasteiger partial charge in [0.05, 0.1) is 23.8 Å². The number of aryl methyl sites for hydroxylation is 1. The number of methoxy groups -OCH3 is 1. The molecule has 3 heterocycles. The Kier molecular flexibility index (Phi) is 6.10. The molecule has 8 nitrogen and oxygen atoms in total. The number of anilines is 1. The van der Waals surface area contributed by atoms with Crippen LogP contribution in [0.3, 0.4) is 0 Å². The van der Waals surface area contributed by atoms with Gasteiger partial charge in [0.25, 0.3) is 5.91 Å². The number of hydrogen-bond acceptors (Lipinski definition) is 5. The number of piperidine rings is 1. The molecule has 0 radical (unpaired) electrons. The van der Waals surface area contributed by atoms with Crippen molar-refractivity contribution < 1.29 is 19.4 Å². The standard InChI is InChI=1S/C30H38N4O4/c1-19-16-31-24(32-19)25(35)33-23-8-7-21(15-22(23)20-9-11-27(2,3)12-10-20)30(37)17-28(4)13-14-29(5,18-30)34(28)26(36)38-6/h7-9,13-16,37H,10-12,17-18H2,1-6H3,(H,31,32)(H,33,35)/t28-,29+,30?. The predicted octanol–water partition coefficient (Wildman–Crippen LogP) is 5.70. The minimum absolute atomic E-state index is 0.225. The molecule has 8 heteroatoms. The van der Waals surface area contributed by atoms with E-state index in [0.29, 0.717) is 18.5 Å². The molecule has 5 rings (SSSR count). The van der Waals surface area contributed by atoms with Crippen molar-refractivity contribution in [2.45, 2.75) is 83.4 Å². The Hall–Kier alpha value is -3.39. The van der Waals surface area contributed by atoms with Crippen LogP contribution in [0.15, 0.2) is 42.6 Å². The number of nitrogens with one attached hydrogen (secondary N) is 2. The third-order valence-electron chi connectivity index (χ3n) is 8.52. The van der Waals surface area contributed by atoms with E-state index in [-0.39, 0.29) is 17.1 Å². The lowest BCUT2D eigenvalue weighted by atomic mass is 9.70. The van der Waals surface area contributed by atoms with Crippen LogP contribution in [0, 0.1) is 12.3 Å². The quantitative estimate of drug-likeness (QED) is 0.450. The minimum Gasteiger partial charge on any atom is -0.453 e. The zero-order valence-electron chi connectivity index (χ0n) is 23.1. The molecule has 1 aromatic heterocycles. The summed E-state index contributed by atoms with van der Waals surface area (Å²) in [4.78, 5) is 34.6. The Balaban J connectivity index is 1.53. The monoisotopic (exact) mass is 518 g/mol. The van der Waals surface area contributed by atoms with Gasteiger partial charge in [-0.25, -0.2) is 9.78 Å². The first-order chi connectivity index (χ1) is 17.8. The third-order valence-corrected chi connectivity index (χ3v) is 8.52. The van der Waals surface area contributed by atoms with Crippen LogP contribution in [0.4, 0.5) is 10.5 Å². The van der Waals surface area contributed by atoms with Gasteiger partial charge < -0.3 is 20.1 Å². The summed E-state index contributed by atoms with van der Waals surface area (Å²) in [5.41, 5.74) is 2.02. The van der Waals surface area contributed by atoms with Gasteiger partial charge in [0.1, 0.15) is 0 Å². The van der Waals surface area contributed by atoms with E-state index in [0.717, 1.165) is 41.7 Å². The fraction of sp³-hybridized carbons (Fsp3) is 0.500. The van der Waals surface area contributed by atoms with Gasteiger partial charge in [-0.1, -0.05) is 38.1 Å². The molecule has 2 aromatic rings. The summed E-state index contributed by atoms with van der Waals surface area (Å²) in [5.74, 6) is -0.0511. The molecule has 2 aliphatic heterocycles. The lowest BCUT2D eigenvalue weighted by Crippen LogP contribution is -2.63. The number of hydrogen-bond donors (Lipinski definition) is 3. The van der Waals surface area contributed by atoms with Crippen LogP contribution in [0.2, 0.25) is 0 Å². The number of allylic oxidation sites excluding steroid dienone is 2. The number of aliphatic hydroxyl groups is 1. The number of rotatable bonds is 4. The molecule has 0 saturated carbocycles. The Bertz CT molecular complexity index is 1330. The molecule has 2 bridgehead atoms. The number of aromatic amines is 1. The van der Waals surface area contributed by atoms with Gasteiger partial charge >= 0.3 is 6.09 Å². The minimum atomic E-state index is -1.18. The van der Waals surface area contributed by atoms with Gasteiger partial charge in [0.2, 0.25) is 0 Å². The summed E-state index contributed by atoms with van der Waals surface area (Å²) in [6.07, 6.45) is 11.0. The Morgan fingerprint density at radius 3 is 2.37 bits per heavy atom. The number of imidazole rings is 1. The molecule has 2 amide bonds. The second kappa shape index (κ2) is 8.83. The molecule has 202 valence electrons. The van der Waals surface area contributed by atoms with Crippen LogP contribution in [0.1, 0.15) is 87.2 Å². The average Bonchev–Trinajstić information content (AvgIpc) is 3.36. The second-order valence-corrected chi connectivity index (χ2v) is 12.5. The van der Waals surface area contributed by atoms with E-state index in [1.807, 2.05) is 51.1 Å². The maximum atomic E-state index is 13.0. The topological polar surface area (TPSA) is 108 Å². The van der Waals surface area contributed by atoms with Gasteiger partial charge in [0, 0.05) is 36.0 Å². The molecule has 3 aliphatic rings. The van der Waals surface area contributed by atoms with Crippen LogP contribution < -0.4 is 5.32 Å². The molecule has 38 heavy (non-hydrogen) atoms. The second-order valence-electron chi connectivity index (χ2n) is 12.5. The summed E-state index contributed by atoms with van der Waals surface area (Å²) in [6, 6.07) is 5.79. The van der Waals surface area contributed by atoms with Crippen molar-refractivity contribution in [1.82, 2.24) is 14.9 Å². The van der Waals surface area contributed by atoms with Crippen molar-refractivity contribution in [2.24, 2.45) is 5.41 Å². The van der Waals surface area contributed by atoms with Crippen molar-refractivity contribution in [3.05, 3.63) is 65.3 Å². The third kappa shape index (κ3) is 4.45.